The lowest BCUT2D eigenvalue weighted by Gasteiger charge is -2.02. The van der Waals surface area contributed by atoms with Crippen molar-refractivity contribution in [1.29, 1.82) is 0 Å². The molecule has 0 saturated heterocycles. The fourth-order valence-electron chi connectivity index (χ4n) is 1.25. The molecule has 1 aromatic rings. The van der Waals surface area contributed by atoms with Crippen LogP contribution in [-0.2, 0) is 12.8 Å². The summed E-state index contributed by atoms with van der Waals surface area (Å²) in [4.78, 5) is 0. The van der Waals surface area contributed by atoms with E-state index in [0.717, 1.165) is 19.2 Å². The molecule has 3 N–H and O–H groups in total. The van der Waals surface area contributed by atoms with Gasteiger partial charge < -0.3 is 10.9 Å². The second-order valence-corrected chi connectivity index (χ2v) is 2.74. The third kappa shape index (κ3) is 4.50. The van der Waals surface area contributed by atoms with E-state index in [1.54, 1.807) is 0 Å². The molecule has 0 bridgehead atoms. The summed E-state index contributed by atoms with van der Waals surface area (Å²) in [5, 5.41) is 9.71. The zero-order valence-corrected chi connectivity index (χ0v) is 8.77. The van der Waals surface area contributed by atoms with Crippen molar-refractivity contribution in [1.82, 2.24) is 0 Å². The first-order chi connectivity index (χ1) is 6.79. The van der Waals surface area contributed by atoms with E-state index in [9.17, 15) is 0 Å². The zero-order chi connectivity index (χ0) is 10.8. The summed E-state index contributed by atoms with van der Waals surface area (Å²) < 4.78 is 0. The molecule has 14 heavy (non-hydrogen) atoms. The van der Waals surface area contributed by atoms with Crippen molar-refractivity contribution in [2.24, 2.45) is 10.9 Å². The van der Waals surface area contributed by atoms with Gasteiger partial charge in [0.2, 0.25) is 0 Å². The number of rotatable bonds is 2. The van der Waals surface area contributed by atoms with Crippen LogP contribution >= 0.6 is 0 Å². The summed E-state index contributed by atoms with van der Waals surface area (Å²) in [5.41, 5.74) is 7.47. The molecular weight excluding hydrogens is 176 g/mol. The first-order valence-electron chi connectivity index (χ1n) is 4.74. The van der Waals surface area contributed by atoms with Gasteiger partial charge in [0.1, 0.15) is 6.34 Å². The molecule has 0 aromatic heterocycles. The van der Waals surface area contributed by atoms with Crippen LogP contribution in [-0.4, -0.2) is 11.5 Å². The number of nitrogens with two attached hydrogens (primary N) is 1. The first-order valence-corrected chi connectivity index (χ1v) is 4.74. The average molecular weight is 194 g/mol. The minimum absolute atomic E-state index is 0.806. The van der Waals surface area contributed by atoms with Gasteiger partial charge in [0.05, 0.1) is 0 Å². The standard InChI is InChI=1S/C10H14.CH4N2O/c1-3-9-7-5-6-8-10(9)4-2;2-1-3-4/h5-8H,3-4H2,1-2H3;1,4H,(H2,2,3). The molecule has 0 saturated carbocycles. The van der Waals surface area contributed by atoms with Crippen LogP contribution in [0, 0.1) is 0 Å². The maximum absolute atomic E-state index is 7.32. The van der Waals surface area contributed by atoms with E-state index in [1.165, 1.54) is 11.1 Å². The fraction of sp³-hybridized carbons (Fsp3) is 0.364. The van der Waals surface area contributed by atoms with Crippen molar-refractivity contribution in [2.75, 3.05) is 0 Å². The van der Waals surface area contributed by atoms with Gasteiger partial charge in [0.15, 0.2) is 0 Å². The molecular formula is C11H18N2O. The third-order valence-corrected chi connectivity index (χ3v) is 1.95. The lowest BCUT2D eigenvalue weighted by Crippen LogP contribution is -1.88. The van der Waals surface area contributed by atoms with Gasteiger partial charge in [-0.05, 0) is 24.0 Å². The maximum atomic E-state index is 7.32. The summed E-state index contributed by atoms with van der Waals surface area (Å²) in [7, 11) is 0. The van der Waals surface area contributed by atoms with Gasteiger partial charge in [0.25, 0.3) is 0 Å². The Bertz CT molecular complexity index is 245. The highest BCUT2D eigenvalue weighted by molar-refractivity contribution is 5.49. The van der Waals surface area contributed by atoms with Gasteiger partial charge in [-0.25, -0.2) is 0 Å². The van der Waals surface area contributed by atoms with Crippen molar-refractivity contribution in [2.45, 2.75) is 26.7 Å². The summed E-state index contributed by atoms with van der Waals surface area (Å²) >= 11 is 0. The highest BCUT2D eigenvalue weighted by Crippen LogP contribution is 2.08. The van der Waals surface area contributed by atoms with Crippen LogP contribution in [0.2, 0.25) is 0 Å². The smallest absolute Gasteiger partial charge is 0.125 e. The Morgan fingerprint density at radius 3 is 1.79 bits per heavy atom. The van der Waals surface area contributed by atoms with E-state index in [-0.39, 0.29) is 0 Å². The lowest BCUT2D eigenvalue weighted by atomic mass is 10.0. The topological polar surface area (TPSA) is 58.6 Å². The van der Waals surface area contributed by atoms with E-state index in [4.69, 9.17) is 5.21 Å². The average Bonchev–Trinajstić information content (AvgIpc) is 2.29. The predicted octanol–water partition coefficient (Wildman–Crippen LogP) is 2.17. The third-order valence-electron chi connectivity index (χ3n) is 1.95. The van der Waals surface area contributed by atoms with Crippen molar-refractivity contribution >= 4 is 6.34 Å². The highest BCUT2D eigenvalue weighted by Gasteiger charge is 1.93. The molecule has 0 atom stereocenters. The number of aryl methyl sites for hydroxylation is 2. The molecule has 0 aliphatic rings. The summed E-state index contributed by atoms with van der Waals surface area (Å²) in [6, 6.07) is 8.63. The highest BCUT2D eigenvalue weighted by atomic mass is 16.4. The van der Waals surface area contributed by atoms with Crippen molar-refractivity contribution in [3.63, 3.8) is 0 Å². The number of hydrogen-bond acceptors (Lipinski definition) is 2. The van der Waals surface area contributed by atoms with Crippen LogP contribution in [0.5, 0.6) is 0 Å². The van der Waals surface area contributed by atoms with Crippen LogP contribution in [0.4, 0.5) is 0 Å². The molecule has 0 aliphatic carbocycles. The number of benzene rings is 1. The molecule has 0 fully saturated rings. The van der Waals surface area contributed by atoms with Gasteiger partial charge in [-0.1, -0.05) is 43.3 Å². The van der Waals surface area contributed by atoms with Gasteiger partial charge in [-0.15, -0.1) is 0 Å². The van der Waals surface area contributed by atoms with E-state index in [2.05, 4.69) is 49.0 Å². The summed E-state index contributed by atoms with van der Waals surface area (Å²) in [5.74, 6) is 0. The summed E-state index contributed by atoms with van der Waals surface area (Å²) in [6.07, 6.45) is 3.12. The van der Waals surface area contributed by atoms with E-state index in [1.807, 2.05) is 0 Å². The Balaban J connectivity index is 0.000000364. The van der Waals surface area contributed by atoms with Crippen LogP contribution in [0.1, 0.15) is 25.0 Å². The minimum Gasteiger partial charge on any atom is -0.410 e. The molecule has 78 valence electrons. The molecule has 3 heteroatoms. The monoisotopic (exact) mass is 194 g/mol. The molecule has 3 nitrogen and oxygen atoms in total. The Morgan fingerprint density at radius 1 is 1.21 bits per heavy atom. The van der Waals surface area contributed by atoms with Crippen molar-refractivity contribution in [3.05, 3.63) is 35.4 Å². The lowest BCUT2D eigenvalue weighted by molar-refractivity contribution is 0.321. The minimum atomic E-state index is 0.806. The van der Waals surface area contributed by atoms with Gasteiger partial charge in [0, 0.05) is 0 Å². The van der Waals surface area contributed by atoms with Gasteiger partial charge in [-0.2, -0.15) is 0 Å². The molecule has 0 radical (unpaired) electrons. The quantitative estimate of drug-likeness (QED) is 0.328. The number of hydrogen-bond donors (Lipinski definition) is 2. The maximum Gasteiger partial charge on any atom is 0.125 e. The molecule has 1 aromatic carbocycles. The van der Waals surface area contributed by atoms with Gasteiger partial charge >= 0.3 is 0 Å². The van der Waals surface area contributed by atoms with Crippen molar-refractivity contribution < 1.29 is 5.21 Å². The molecule has 0 amide bonds. The predicted molar refractivity (Wildman–Crippen MR) is 59.7 cm³/mol. The van der Waals surface area contributed by atoms with E-state index >= 15 is 0 Å². The first kappa shape index (κ1) is 12.5. The second kappa shape index (κ2) is 8.10. The SMILES string of the molecule is CCc1ccccc1CC.N/C=N\O. The second-order valence-electron chi connectivity index (χ2n) is 2.74. The van der Waals surface area contributed by atoms with Crippen LogP contribution in [0.3, 0.4) is 0 Å². The van der Waals surface area contributed by atoms with Crippen LogP contribution < -0.4 is 5.73 Å². The Hall–Kier alpha value is -1.51. The molecule has 0 spiro atoms. The Morgan fingerprint density at radius 2 is 1.57 bits per heavy atom. The summed E-state index contributed by atoms with van der Waals surface area (Å²) in [6.45, 7) is 4.41. The number of oxime groups is 1. The van der Waals surface area contributed by atoms with Crippen LogP contribution in [0.25, 0.3) is 0 Å². The van der Waals surface area contributed by atoms with E-state index in [0.29, 0.717) is 0 Å². The van der Waals surface area contributed by atoms with E-state index < -0.39 is 0 Å². The Labute approximate surface area is 85.2 Å². The van der Waals surface area contributed by atoms with Crippen LogP contribution in [0.15, 0.2) is 29.4 Å². The molecule has 0 aliphatic heterocycles. The normalized spacial score (nSPS) is 9.57. The molecule has 0 unspecified atom stereocenters. The molecule has 0 heterocycles. The van der Waals surface area contributed by atoms with Gasteiger partial charge in [-0.3, -0.25) is 0 Å². The largest absolute Gasteiger partial charge is 0.410 e. The zero-order valence-electron chi connectivity index (χ0n) is 8.77. The Kier molecular flexibility index (Phi) is 7.23. The number of nitrogens with zero attached hydrogens (tertiary/aromatic N) is 1. The van der Waals surface area contributed by atoms with Crippen molar-refractivity contribution in [3.8, 4) is 0 Å². The fourth-order valence-corrected chi connectivity index (χ4v) is 1.25. The molecule has 1 rings (SSSR count).